The van der Waals surface area contributed by atoms with Crippen molar-refractivity contribution in [2.75, 3.05) is 37.4 Å². The molecule has 1 aliphatic rings. The van der Waals surface area contributed by atoms with E-state index in [0.29, 0.717) is 92.3 Å². The number of unbranched alkanes of at least 4 members (excludes halogenated alkanes) is 1. The van der Waals surface area contributed by atoms with E-state index in [-0.39, 0.29) is 62.8 Å². The van der Waals surface area contributed by atoms with Gasteiger partial charge >= 0.3 is 17.9 Å². The van der Waals surface area contributed by atoms with E-state index in [1.54, 1.807) is 131 Å². The second-order valence-corrected chi connectivity index (χ2v) is 29.5. The van der Waals surface area contributed by atoms with Gasteiger partial charge in [-0.1, -0.05) is 138 Å². The lowest BCUT2D eigenvalue weighted by Gasteiger charge is -2.18. The highest BCUT2D eigenvalue weighted by molar-refractivity contribution is 7.93. The van der Waals surface area contributed by atoms with Gasteiger partial charge in [-0.2, -0.15) is 5.10 Å². The summed E-state index contributed by atoms with van der Waals surface area (Å²) in [6, 6.07) is 40.3. The first-order valence-corrected chi connectivity index (χ1v) is 36.8. The largest absolute Gasteiger partial charge is 0.496 e. The van der Waals surface area contributed by atoms with Crippen molar-refractivity contribution in [3.63, 3.8) is 0 Å². The van der Waals surface area contributed by atoms with Crippen LogP contribution >= 0.6 is 11.6 Å². The lowest BCUT2D eigenvalue weighted by atomic mass is 9.88. The van der Waals surface area contributed by atoms with Gasteiger partial charge in [-0.05, 0) is 116 Å². The summed E-state index contributed by atoms with van der Waals surface area (Å²) < 4.78 is 87.1. The van der Waals surface area contributed by atoms with E-state index in [1.165, 1.54) is 50.4 Å². The summed E-state index contributed by atoms with van der Waals surface area (Å²) in [4.78, 5) is 56.4. The average Bonchev–Trinajstić information content (AvgIpc) is 1.76. The van der Waals surface area contributed by atoms with Crippen molar-refractivity contribution in [2.24, 2.45) is 11.3 Å². The zero-order valence-electron chi connectivity index (χ0n) is 59.7. The second-order valence-electron chi connectivity index (χ2n) is 25.8. The van der Waals surface area contributed by atoms with E-state index < -0.39 is 43.9 Å². The molecule has 548 valence electrons. The number of carbonyl (C=O) groups is 3. The molecule has 11 rings (SSSR count). The maximum Gasteiger partial charge on any atom is 0.336 e. The fourth-order valence-electron chi connectivity index (χ4n) is 11.4. The Hall–Kier alpha value is -11.2. The molecule has 0 amide bonds. The lowest BCUT2D eigenvalue weighted by Crippen LogP contribution is -2.16. The zero-order valence-corrected chi connectivity index (χ0v) is 62.1. The highest BCUT2D eigenvalue weighted by atomic mass is 35.5. The van der Waals surface area contributed by atoms with Crippen molar-refractivity contribution in [1.29, 1.82) is 0 Å². The third kappa shape index (κ3) is 20.4. The number of aryl methyl sites for hydroxylation is 3. The van der Waals surface area contributed by atoms with Gasteiger partial charge in [0.25, 0.3) is 31.8 Å². The smallest absolute Gasteiger partial charge is 0.336 e. The third-order valence-electron chi connectivity index (χ3n) is 16.5. The summed E-state index contributed by atoms with van der Waals surface area (Å²) in [5.74, 6) is -1.50. The van der Waals surface area contributed by atoms with Gasteiger partial charge in [0.2, 0.25) is 11.6 Å². The number of nitrogens with one attached hydrogen (secondary N) is 2. The van der Waals surface area contributed by atoms with Crippen LogP contribution < -0.4 is 33.1 Å². The first-order chi connectivity index (χ1) is 50.1. The van der Waals surface area contributed by atoms with Gasteiger partial charge in [-0.15, -0.1) is 0 Å². The highest BCUT2D eigenvalue weighted by Gasteiger charge is 2.27. The first kappa shape index (κ1) is 77.9. The molecule has 0 fully saturated rings. The van der Waals surface area contributed by atoms with E-state index in [0.717, 1.165) is 48.1 Å². The number of aliphatic carboxylic acids is 2. The lowest BCUT2D eigenvalue weighted by molar-refractivity contribution is -0.141. The van der Waals surface area contributed by atoms with E-state index in [4.69, 9.17) is 40.4 Å². The van der Waals surface area contributed by atoms with Crippen LogP contribution in [0.3, 0.4) is 0 Å². The van der Waals surface area contributed by atoms with Gasteiger partial charge in [0, 0.05) is 75.1 Å². The maximum absolute atomic E-state index is 13.1. The number of rotatable bonds is 27. The van der Waals surface area contributed by atoms with Crippen LogP contribution in [-0.2, 0) is 68.5 Å². The average molecular weight is 1490 g/mol. The minimum Gasteiger partial charge on any atom is -0.496 e. The van der Waals surface area contributed by atoms with Crippen LogP contribution in [0.2, 0.25) is 5.02 Å². The van der Waals surface area contributed by atoms with E-state index >= 15 is 0 Å². The van der Waals surface area contributed by atoms with Gasteiger partial charge in [0.1, 0.15) is 28.8 Å². The van der Waals surface area contributed by atoms with Gasteiger partial charge in [0.15, 0.2) is 0 Å². The molecule has 0 bridgehead atoms. The Bertz CT molecular complexity index is 5050. The Balaban J connectivity index is 0.000000188. The number of sulfonamides is 2. The summed E-state index contributed by atoms with van der Waals surface area (Å²) >= 11 is 6.38. The number of nitrogens with zero attached hydrogens (tertiary/aromatic N) is 7. The van der Waals surface area contributed by atoms with Crippen molar-refractivity contribution < 1.29 is 70.2 Å². The number of hydrogen-bond donors (Lipinski definition) is 5. The molecule has 5 N–H and O–H groups in total. The number of anilines is 2. The van der Waals surface area contributed by atoms with E-state index in [2.05, 4.69) is 67.2 Å². The van der Waals surface area contributed by atoms with Crippen LogP contribution in [0.15, 0.2) is 180 Å². The fraction of sp³-hybridized carbons (Fsp3) is 0.269. The quantitative estimate of drug-likeness (QED) is 0.0299. The Morgan fingerprint density at radius 3 is 1.93 bits per heavy atom. The van der Waals surface area contributed by atoms with Crippen molar-refractivity contribution in [1.82, 2.24) is 34.7 Å². The zero-order chi connectivity index (χ0) is 75.8. The second kappa shape index (κ2) is 34.8. The van der Waals surface area contributed by atoms with Crippen LogP contribution in [0.25, 0.3) is 39.7 Å². The summed E-state index contributed by atoms with van der Waals surface area (Å²) in [6.07, 6.45) is 11.7. The first-order valence-electron chi connectivity index (χ1n) is 33.4. The molecule has 105 heavy (non-hydrogen) atoms. The van der Waals surface area contributed by atoms with Crippen LogP contribution in [0.1, 0.15) is 103 Å². The summed E-state index contributed by atoms with van der Waals surface area (Å²) in [5.41, 5.74) is 10.1. The molecule has 1 unspecified atom stereocenters. The number of hydrogen-bond acceptors (Lipinski definition) is 18. The highest BCUT2D eigenvalue weighted by Crippen LogP contribution is 2.40. The molecule has 0 aliphatic carbocycles. The molecule has 0 spiro atoms. The maximum atomic E-state index is 13.1. The van der Waals surface area contributed by atoms with E-state index in [9.17, 15) is 41.4 Å². The molecule has 1 atom stereocenters. The van der Waals surface area contributed by atoms with Crippen molar-refractivity contribution in [3.05, 3.63) is 225 Å². The number of benzene rings is 6. The number of carboxylic acid groups (broad SMARTS) is 3. The molecule has 6 aromatic carbocycles. The van der Waals surface area contributed by atoms with Gasteiger partial charge in [-0.3, -0.25) is 23.9 Å². The SMILES string of the molecule is CCCCn1ncc(/C=C(\Cc2cc3c(cc2OC)CCO3)C(=O)O)c1-c1ccc(Cl)cc1OCc1ccccc1C(=O)O.COc1nc(C)cnc1NS(=O)(=O)c1ccccc1-c1ccc(CC(C)C(=O)O)cc1.COc1nc(C)cnc1NS(=O)(=O)c1cccnc1-c1ccc(CC(C)(C)C)cc1. The summed E-state index contributed by atoms with van der Waals surface area (Å²) in [6.45, 7) is 14.9. The number of fused-ring (bicyclic) bond motifs is 1. The topological polar surface area (TPSA) is 333 Å². The van der Waals surface area contributed by atoms with Gasteiger partial charge in [0.05, 0.1) is 85.7 Å². The Morgan fingerprint density at radius 2 is 1.31 bits per heavy atom. The molecular weight excluding hydrogens is 1400 g/mol. The summed E-state index contributed by atoms with van der Waals surface area (Å²) in [5, 5.41) is 34.0. The number of aromatic carboxylic acids is 1. The van der Waals surface area contributed by atoms with Gasteiger partial charge in [-0.25, -0.2) is 46.4 Å². The number of carboxylic acids is 3. The number of pyridine rings is 1. The van der Waals surface area contributed by atoms with Gasteiger partial charge < -0.3 is 39.0 Å². The predicted octanol–water partition coefficient (Wildman–Crippen LogP) is 14.7. The van der Waals surface area contributed by atoms with Crippen molar-refractivity contribution in [2.45, 2.75) is 110 Å². The van der Waals surface area contributed by atoms with Crippen LogP contribution in [0, 0.1) is 25.2 Å². The minimum absolute atomic E-state index is 0.000842. The summed E-state index contributed by atoms with van der Waals surface area (Å²) in [7, 11) is -3.59. The molecule has 4 aromatic heterocycles. The number of ether oxygens (including phenoxy) is 5. The molecule has 27 heteroatoms. The Kier molecular flexibility index (Phi) is 25.9. The standard InChI is InChI=1S/C34H33ClN2O7.C22H26N4O3S.C22H23N3O5S/c1-3-4-12-37-32(28-10-9-26(35)18-31(28)44-20-22-7-5-6-8-27(22)34(40)41)25(19-36-37)15-24(33(38)39)14-23-17-30-21(11-13-43-30)16-29(23)42-2;1-15-14-24-20(21(25-15)29-5)26-30(27,28)18-7-6-12-23-19(18)17-10-8-16(9-11-17)13-22(2,3)4;1-14(22(26)27)12-16-8-10-17(11-9-16)18-6-4-5-7-19(18)31(28,29)25-20-21(30-3)24-15(2)13-23-20/h5-10,15-19H,3-4,11-14,20H2,1-2H3,(H,38,39)(H,40,41);6-12,14H,13H2,1-5H3,(H,24,26);4-11,13-14H,12H2,1-3H3,(H,23,25)(H,26,27)/b24-15+;;. The van der Waals surface area contributed by atoms with Crippen LogP contribution in [0.5, 0.6) is 29.0 Å². The molecule has 5 heterocycles. The van der Waals surface area contributed by atoms with Crippen molar-refractivity contribution in [3.8, 4) is 62.7 Å². The Morgan fingerprint density at radius 1 is 0.695 bits per heavy atom. The molecule has 0 saturated heterocycles. The van der Waals surface area contributed by atoms with E-state index in [1.807, 2.05) is 41.1 Å². The van der Waals surface area contributed by atoms with Crippen LogP contribution in [-0.4, -0.2) is 113 Å². The number of halogens is 1. The molecule has 24 nitrogen and oxygen atoms in total. The minimum atomic E-state index is -3.99. The van der Waals surface area contributed by atoms with Crippen LogP contribution in [0.4, 0.5) is 11.6 Å². The third-order valence-corrected chi connectivity index (χ3v) is 19.5. The van der Waals surface area contributed by atoms with Crippen molar-refractivity contribution >= 4 is 67.3 Å². The normalized spacial score (nSPS) is 12.2. The monoisotopic (exact) mass is 1480 g/mol. The molecule has 1 aliphatic heterocycles. The fourth-order valence-corrected chi connectivity index (χ4v) is 14.0. The number of aromatic nitrogens is 7. The predicted molar refractivity (Wildman–Crippen MR) is 400 cm³/mol. The molecule has 10 aromatic rings. The molecule has 0 radical (unpaired) electrons. The molecular formula is C78H82ClN9O15S2. The Labute approximate surface area is 615 Å². The number of methoxy groups -OCH3 is 3. The molecule has 0 saturated carbocycles.